The molecule has 0 atom stereocenters. The summed E-state index contributed by atoms with van der Waals surface area (Å²) in [5.74, 6) is -1.41. The number of hydrogen-bond donors (Lipinski definition) is 1. The lowest BCUT2D eigenvalue weighted by Gasteiger charge is -1.99. The highest BCUT2D eigenvalue weighted by Crippen LogP contribution is 2.30. The van der Waals surface area contributed by atoms with Gasteiger partial charge in [-0.15, -0.1) is 0 Å². The standard InChI is InChI=1S/C15H9F2N5O/c1-22-11-3-8(16)2-9(17)12(11)14(21-22)10-5-19-15-13(20-10)7(6-23)4-18-15/h2-6H,1H3,(H,18,19). The monoisotopic (exact) mass is 313 g/mol. The normalized spacial score (nSPS) is 11.4. The lowest BCUT2D eigenvalue weighted by Crippen LogP contribution is -1.92. The summed E-state index contributed by atoms with van der Waals surface area (Å²) in [5.41, 5.74) is 2.02. The molecule has 0 spiro atoms. The van der Waals surface area contributed by atoms with Crippen LogP contribution in [0, 0.1) is 11.6 Å². The van der Waals surface area contributed by atoms with Gasteiger partial charge in [-0.05, 0) is 6.07 Å². The number of aryl methyl sites for hydroxylation is 1. The third-order valence-corrected chi connectivity index (χ3v) is 3.65. The first-order valence-electron chi connectivity index (χ1n) is 6.70. The largest absolute Gasteiger partial charge is 0.344 e. The minimum atomic E-state index is -0.727. The number of aromatic nitrogens is 5. The summed E-state index contributed by atoms with van der Waals surface area (Å²) in [6, 6.07) is 2.00. The van der Waals surface area contributed by atoms with Gasteiger partial charge in [-0.25, -0.2) is 18.7 Å². The number of H-pyrrole nitrogens is 1. The van der Waals surface area contributed by atoms with E-state index in [0.29, 0.717) is 34.2 Å². The highest BCUT2D eigenvalue weighted by Gasteiger charge is 2.18. The Hall–Kier alpha value is -3.16. The number of aldehydes is 1. The second kappa shape index (κ2) is 4.67. The van der Waals surface area contributed by atoms with Crippen LogP contribution in [0.25, 0.3) is 33.5 Å². The summed E-state index contributed by atoms with van der Waals surface area (Å²) in [6.07, 6.45) is 3.58. The minimum absolute atomic E-state index is 0.158. The van der Waals surface area contributed by atoms with Crippen LogP contribution in [0.5, 0.6) is 0 Å². The van der Waals surface area contributed by atoms with E-state index in [4.69, 9.17) is 0 Å². The average molecular weight is 313 g/mol. The summed E-state index contributed by atoms with van der Waals surface area (Å²) < 4.78 is 29.0. The topological polar surface area (TPSA) is 76.5 Å². The Morgan fingerprint density at radius 1 is 1.30 bits per heavy atom. The highest BCUT2D eigenvalue weighted by atomic mass is 19.1. The molecular weight excluding hydrogens is 304 g/mol. The van der Waals surface area contributed by atoms with E-state index in [1.807, 2.05) is 0 Å². The van der Waals surface area contributed by atoms with Gasteiger partial charge in [-0.2, -0.15) is 5.10 Å². The molecule has 0 bridgehead atoms. The number of nitrogens with one attached hydrogen (secondary N) is 1. The molecule has 3 heterocycles. The molecular formula is C15H9F2N5O. The molecule has 1 N–H and O–H groups in total. The van der Waals surface area contributed by atoms with Crippen LogP contribution in [0.3, 0.4) is 0 Å². The van der Waals surface area contributed by atoms with Gasteiger partial charge in [0, 0.05) is 19.3 Å². The van der Waals surface area contributed by atoms with Crippen molar-refractivity contribution < 1.29 is 13.6 Å². The molecule has 0 saturated heterocycles. The fraction of sp³-hybridized carbons (Fsp3) is 0.0667. The first-order chi connectivity index (χ1) is 11.1. The van der Waals surface area contributed by atoms with Gasteiger partial charge in [0.25, 0.3) is 0 Å². The van der Waals surface area contributed by atoms with Gasteiger partial charge in [0.2, 0.25) is 0 Å². The zero-order valence-corrected chi connectivity index (χ0v) is 11.8. The molecule has 0 amide bonds. The molecule has 8 heteroatoms. The third kappa shape index (κ3) is 1.91. The maximum absolute atomic E-state index is 14.2. The van der Waals surface area contributed by atoms with Gasteiger partial charge in [0.05, 0.1) is 22.7 Å². The molecule has 4 rings (SSSR count). The van der Waals surface area contributed by atoms with Gasteiger partial charge < -0.3 is 4.98 Å². The number of hydrogen-bond acceptors (Lipinski definition) is 4. The fourth-order valence-electron chi connectivity index (χ4n) is 2.60. The van der Waals surface area contributed by atoms with Crippen molar-refractivity contribution in [3.8, 4) is 11.4 Å². The van der Waals surface area contributed by atoms with Gasteiger partial charge in [-0.3, -0.25) is 9.48 Å². The Morgan fingerprint density at radius 3 is 2.91 bits per heavy atom. The van der Waals surface area contributed by atoms with E-state index in [1.165, 1.54) is 23.1 Å². The molecule has 0 aliphatic carbocycles. The van der Waals surface area contributed by atoms with Crippen molar-refractivity contribution in [2.24, 2.45) is 7.05 Å². The van der Waals surface area contributed by atoms with E-state index in [-0.39, 0.29) is 11.1 Å². The second-order valence-electron chi connectivity index (χ2n) is 5.07. The van der Waals surface area contributed by atoms with E-state index in [9.17, 15) is 13.6 Å². The van der Waals surface area contributed by atoms with Crippen LogP contribution in [0.1, 0.15) is 10.4 Å². The number of benzene rings is 1. The smallest absolute Gasteiger partial charge is 0.156 e. The molecule has 0 aliphatic heterocycles. The van der Waals surface area contributed by atoms with Crippen LogP contribution < -0.4 is 0 Å². The number of aromatic amines is 1. The molecule has 6 nitrogen and oxygen atoms in total. The van der Waals surface area contributed by atoms with Crippen LogP contribution in [-0.2, 0) is 7.05 Å². The minimum Gasteiger partial charge on any atom is -0.344 e. The SMILES string of the molecule is Cn1nc(-c2cnc3[nH]cc(C=O)c3n2)c2c(F)cc(F)cc21. The van der Waals surface area contributed by atoms with Gasteiger partial charge in [0.1, 0.15) is 28.5 Å². The molecule has 1 aromatic carbocycles. The maximum Gasteiger partial charge on any atom is 0.156 e. The molecule has 23 heavy (non-hydrogen) atoms. The summed E-state index contributed by atoms with van der Waals surface area (Å²) in [6.45, 7) is 0. The molecule has 114 valence electrons. The molecule has 0 unspecified atom stereocenters. The first-order valence-corrected chi connectivity index (χ1v) is 6.70. The van der Waals surface area contributed by atoms with E-state index in [0.717, 1.165) is 6.07 Å². The third-order valence-electron chi connectivity index (χ3n) is 3.65. The van der Waals surface area contributed by atoms with Crippen molar-refractivity contribution in [3.63, 3.8) is 0 Å². The summed E-state index contributed by atoms with van der Waals surface area (Å²) >= 11 is 0. The van der Waals surface area contributed by atoms with Crippen molar-refractivity contribution in [3.05, 3.63) is 41.7 Å². The summed E-state index contributed by atoms with van der Waals surface area (Å²) in [4.78, 5) is 22.4. The summed E-state index contributed by atoms with van der Waals surface area (Å²) in [5, 5.41) is 4.38. The second-order valence-corrected chi connectivity index (χ2v) is 5.07. The quantitative estimate of drug-likeness (QED) is 0.577. The maximum atomic E-state index is 14.2. The fourth-order valence-corrected chi connectivity index (χ4v) is 2.60. The number of halogens is 2. The lowest BCUT2D eigenvalue weighted by atomic mass is 10.1. The number of rotatable bonds is 2. The van der Waals surface area contributed by atoms with E-state index < -0.39 is 11.6 Å². The lowest BCUT2D eigenvalue weighted by molar-refractivity contribution is 0.112. The molecule has 0 radical (unpaired) electrons. The van der Waals surface area contributed by atoms with E-state index in [1.54, 1.807) is 7.05 Å². The number of carbonyl (C=O) groups excluding carboxylic acids is 1. The molecule has 0 saturated carbocycles. The Bertz CT molecular complexity index is 1080. The Balaban J connectivity index is 2.04. The van der Waals surface area contributed by atoms with Crippen molar-refractivity contribution in [2.75, 3.05) is 0 Å². The van der Waals surface area contributed by atoms with Crippen molar-refractivity contribution in [1.29, 1.82) is 0 Å². The zero-order valence-electron chi connectivity index (χ0n) is 11.8. The summed E-state index contributed by atoms with van der Waals surface area (Å²) in [7, 11) is 1.59. The number of nitrogens with zero attached hydrogens (tertiary/aromatic N) is 4. The van der Waals surface area contributed by atoms with Crippen LogP contribution in [0.15, 0.2) is 24.5 Å². The van der Waals surface area contributed by atoms with E-state index >= 15 is 0 Å². The van der Waals surface area contributed by atoms with Gasteiger partial charge in [-0.1, -0.05) is 0 Å². The molecule has 0 fully saturated rings. The van der Waals surface area contributed by atoms with Crippen LogP contribution in [-0.4, -0.2) is 31.0 Å². The van der Waals surface area contributed by atoms with Crippen molar-refractivity contribution in [2.45, 2.75) is 0 Å². The van der Waals surface area contributed by atoms with Crippen molar-refractivity contribution in [1.82, 2.24) is 24.7 Å². The van der Waals surface area contributed by atoms with Crippen LogP contribution in [0.4, 0.5) is 8.78 Å². The van der Waals surface area contributed by atoms with Gasteiger partial charge in [0.15, 0.2) is 11.9 Å². The molecule has 3 aromatic heterocycles. The number of fused-ring (bicyclic) bond motifs is 2. The van der Waals surface area contributed by atoms with Crippen LogP contribution >= 0.6 is 0 Å². The molecule has 0 aliphatic rings. The predicted octanol–water partition coefficient (Wildman–Crippen LogP) is 2.60. The Labute approximate surface area is 127 Å². The first kappa shape index (κ1) is 13.5. The van der Waals surface area contributed by atoms with Crippen LogP contribution in [0.2, 0.25) is 0 Å². The van der Waals surface area contributed by atoms with E-state index in [2.05, 4.69) is 20.1 Å². The number of carbonyl (C=O) groups is 1. The molecule has 4 aromatic rings. The predicted molar refractivity (Wildman–Crippen MR) is 78.9 cm³/mol. The average Bonchev–Trinajstić information content (AvgIpc) is 3.08. The Kier molecular flexibility index (Phi) is 2.74. The zero-order chi connectivity index (χ0) is 16.1. The Morgan fingerprint density at radius 2 is 2.13 bits per heavy atom. The highest BCUT2D eigenvalue weighted by molar-refractivity contribution is 5.96. The van der Waals surface area contributed by atoms with Gasteiger partial charge >= 0.3 is 0 Å². The van der Waals surface area contributed by atoms with Crippen molar-refractivity contribution >= 4 is 28.4 Å².